The molecule has 0 aromatic rings. The van der Waals surface area contributed by atoms with Crippen molar-refractivity contribution in [1.29, 1.82) is 0 Å². The molecule has 2 atom stereocenters. The SMILES string of the molecule is CC(O)C(CCS)NI. The fourth-order valence-electron chi connectivity index (χ4n) is 0.526. The number of hydrogen-bond acceptors (Lipinski definition) is 3. The minimum Gasteiger partial charge on any atom is -0.392 e. The van der Waals surface area contributed by atoms with Crippen molar-refractivity contribution in [3.63, 3.8) is 0 Å². The van der Waals surface area contributed by atoms with E-state index in [4.69, 9.17) is 5.11 Å². The number of aliphatic hydroxyl groups is 1. The monoisotopic (exact) mass is 261 g/mol. The van der Waals surface area contributed by atoms with E-state index in [-0.39, 0.29) is 12.1 Å². The number of nitrogens with one attached hydrogen (secondary N) is 1. The predicted molar refractivity (Wildman–Crippen MR) is 51.1 cm³/mol. The van der Waals surface area contributed by atoms with Crippen LogP contribution in [0.1, 0.15) is 13.3 Å². The molecule has 2 N–H and O–H groups in total. The second-order valence-corrected chi connectivity index (χ2v) is 3.04. The maximum absolute atomic E-state index is 9.04. The fourth-order valence-corrected chi connectivity index (χ4v) is 1.64. The van der Waals surface area contributed by atoms with Crippen LogP contribution in [-0.4, -0.2) is 23.0 Å². The van der Waals surface area contributed by atoms with Gasteiger partial charge in [-0.05, 0) is 19.1 Å². The number of hydrogen-bond donors (Lipinski definition) is 3. The summed E-state index contributed by atoms with van der Waals surface area (Å²) in [5, 5.41) is 9.04. The zero-order chi connectivity index (χ0) is 7.28. The number of halogens is 1. The summed E-state index contributed by atoms with van der Waals surface area (Å²) >= 11 is 6.10. The molecule has 0 radical (unpaired) electrons. The van der Waals surface area contributed by atoms with Crippen molar-refractivity contribution < 1.29 is 5.11 Å². The zero-order valence-electron chi connectivity index (χ0n) is 5.34. The standard InChI is InChI=1S/C5H12INOS/c1-4(8)5(7-6)2-3-9/h4-5,7-9H,2-3H2,1H3. The second-order valence-electron chi connectivity index (χ2n) is 1.97. The van der Waals surface area contributed by atoms with Gasteiger partial charge in [0.1, 0.15) is 0 Å². The van der Waals surface area contributed by atoms with E-state index in [1.54, 1.807) is 6.92 Å². The van der Waals surface area contributed by atoms with E-state index in [1.165, 1.54) is 0 Å². The molecule has 4 heteroatoms. The lowest BCUT2D eigenvalue weighted by atomic mass is 10.1. The molecular formula is C5H12INOS. The maximum Gasteiger partial charge on any atom is 0.0673 e. The summed E-state index contributed by atoms with van der Waals surface area (Å²) in [4.78, 5) is 0. The van der Waals surface area contributed by atoms with Crippen molar-refractivity contribution in [2.75, 3.05) is 5.75 Å². The average Bonchev–Trinajstić information content (AvgIpc) is 1.82. The highest BCUT2D eigenvalue weighted by atomic mass is 127. The van der Waals surface area contributed by atoms with Crippen molar-refractivity contribution in [3.8, 4) is 0 Å². The first kappa shape index (κ1) is 10.0. The highest BCUT2D eigenvalue weighted by Crippen LogP contribution is 2.01. The molecular weight excluding hydrogens is 249 g/mol. The van der Waals surface area contributed by atoms with Crippen molar-refractivity contribution >= 4 is 35.5 Å². The van der Waals surface area contributed by atoms with E-state index in [0.29, 0.717) is 0 Å². The maximum atomic E-state index is 9.04. The van der Waals surface area contributed by atoms with Crippen LogP contribution in [0.3, 0.4) is 0 Å². The predicted octanol–water partition coefficient (Wildman–Crippen LogP) is 0.995. The third kappa shape index (κ3) is 4.41. The van der Waals surface area contributed by atoms with Gasteiger partial charge in [0, 0.05) is 28.9 Å². The van der Waals surface area contributed by atoms with Crippen LogP contribution in [0.15, 0.2) is 0 Å². The highest BCUT2D eigenvalue weighted by Gasteiger charge is 2.10. The first-order valence-electron chi connectivity index (χ1n) is 2.87. The van der Waals surface area contributed by atoms with Crippen LogP contribution in [0.4, 0.5) is 0 Å². The molecule has 0 aromatic carbocycles. The van der Waals surface area contributed by atoms with Gasteiger partial charge in [-0.15, -0.1) is 0 Å². The van der Waals surface area contributed by atoms with E-state index in [0.717, 1.165) is 12.2 Å². The summed E-state index contributed by atoms with van der Waals surface area (Å²) in [5.74, 6) is 0.811. The lowest BCUT2D eigenvalue weighted by molar-refractivity contribution is 0.158. The molecule has 0 aliphatic carbocycles. The Morgan fingerprint density at radius 1 is 1.78 bits per heavy atom. The Kier molecular flexibility index (Phi) is 6.40. The van der Waals surface area contributed by atoms with Gasteiger partial charge in [-0.2, -0.15) is 12.6 Å². The number of aliphatic hydroxyl groups excluding tert-OH is 1. The third-order valence-electron chi connectivity index (χ3n) is 1.16. The lowest BCUT2D eigenvalue weighted by Crippen LogP contribution is -2.32. The Labute approximate surface area is 75.3 Å². The summed E-state index contributed by atoms with van der Waals surface area (Å²) in [5.41, 5.74) is 0. The van der Waals surface area contributed by atoms with E-state index < -0.39 is 0 Å². The average molecular weight is 261 g/mol. The summed E-state index contributed by atoms with van der Waals surface area (Å²) in [7, 11) is 0. The lowest BCUT2D eigenvalue weighted by Gasteiger charge is -2.15. The van der Waals surface area contributed by atoms with Gasteiger partial charge < -0.3 is 5.11 Å². The minimum absolute atomic E-state index is 0.183. The molecule has 0 bridgehead atoms. The summed E-state index contributed by atoms with van der Waals surface area (Å²) < 4.78 is 2.97. The molecule has 0 rings (SSSR count). The Bertz CT molecular complexity index is 72.0. The van der Waals surface area contributed by atoms with Gasteiger partial charge in [0.2, 0.25) is 0 Å². The molecule has 9 heavy (non-hydrogen) atoms. The Morgan fingerprint density at radius 3 is 2.44 bits per heavy atom. The van der Waals surface area contributed by atoms with Crippen LogP contribution >= 0.6 is 35.5 Å². The molecule has 0 fully saturated rings. The number of thiol groups is 1. The van der Waals surface area contributed by atoms with Crippen LogP contribution in [0.2, 0.25) is 0 Å². The van der Waals surface area contributed by atoms with Crippen molar-refractivity contribution in [2.45, 2.75) is 25.5 Å². The molecule has 56 valence electrons. The van der Waals surface area contributed by atoms with Crippen LogP contribution in [0, 0.1) is 0 Å². The van der Waals surface area contributed by atoms with E-state index in [1.807, 2.05) is 22.9 Å². The van der Waals surface area contributed by atoms with Gasteiger partial charge in [-0.25, -0.2) is 0 Å². The van der Waals surface area contributed by atoms with Gasteiger partial charge in [0.15, 0.2) is 0 Å². The topological polar surface area (TPSA) is 32.3 Å². The molecule has 0 amide bonds. The first-order chi connectivity index (χ1) is 4.22. The highest BCUT2D eigenvalue weighted by molar-refractivity contribution is 14.1. The van der Waals surface area contributed by atoms with Crippen LogP contribution < -0.4 is 3.53 Å². The summed E-state index contributed by atoms with van der Waals surface area (Å²) in [6.07, 6.45) is 0.623. The fraction of sp³-hybridized carbons (Fsp3) is 1.00. The van der Waals surface area contributed by atoms with Gasteiger partial charge >= 0.3 is 0 Å². The zero-order valence-corrected chi connectivity index (χ0v) is 8.39. The van der Waals surface area contributed by atoms with Gasteiger partial charge in [-0.1, -0.05) is 0 Å². The van der Waals surface area contributed by atoms with Crippen molar-refractivity contribution in [3.05, 3.63) is 0 Å². The summed E-state index contributed by atoms with van der Waals surface area (Å²) in [6, 6.07) is 0.183. The molecule has 0 spiro atoms. The Hall–Kier alpha value is 1.00. The Morgan fingerprint density at radius 2 is 2.33 bits per heavy atom. The second kappa shape index (κ2) is 5.76. The minimum atomic E-state index is -0.283. The van der Waals surface area contributed by atoms with Crippen molar-refractivity contribution in [2.24, 2.45) is 0 Å². The van der Waals surface area contributed by atoms with Gasteiger partial charge in [-0.3, -0.25) is 3.53 Å². The molecule has 0 aliphatic heterocycles. The Balaban J connectivity index is 3.41. The largest absolute Gasteiger partial charge is 0.392 e. The van der Waals surface area contributed by atoms with Gasteiger partial charge in [0.05, 0.1) is 6.10 Å². The van der Waals surface area contributed by atoms with E-state index >= 15 is 0 Å². The summed E-state index contributed by atoms with van der Waals surface area (Å²) in [6.45, 7) is 1.78. The first-order valence-corrected chi connectivity index (χ1v) is 4.58. The smallest absolute Gasteiger partial charge is 0.0673 e. The van der Waals surface area contributed by atoms with Crippen LogP contribution in [0.25, 0.3) is 0 Å². The molecule has 0 aliphatic rings. The molecule has 0 saturated carbocycles. The molecule has 2 unspecified atom stereocenters. The van der Waals surface area contributed by atoms with E-state index in [2.05, 4.69) is 16.2 Å². The molecule has 0 aromatic heterocycles. The normalized spacial score (nSPS) is 17.3. The quantitative estimate of drug-likeness (QED) is 0.400. The molecule has 0 saturated heterocycles. The van der Waals surface area contributed by atoms with E-state index in [9.17, 15) is 0 Å². The van der Waals surface area contributed by atoms with Crippen molar-refractivity contribution in [1.82, 2.24) is 3.53 Å². The van der Waals surface area contributed by atoms with Gasteiger partial charge in [0.25, 0.3) is 0 Å². The van der Waals surface area contributed by atoms with Crippen LogP contribution in [0.5, 0.6) is 0 Å². The number of rotatable bonds is 4. The third-order valence-corrected chi connectivity index (χ3v) is 2.22. The molecule has 2 nitrogen and oxygen atoms in total. The van der Waals surface area contributed by atoms with Crippen LogP contribution in [-0.2, 0) is 0 Å². The molecule has 0 heterocycles.